The predicted molar refractivity (Wildman–Crippen MR) is 120 cm³/mol. The third-order valence-electron chi connectivity index (χ3n) is 5.88. The van der Waals surface area contributed by atoms with Crippen LogP contribution in [-0.4, -0.2) is 38.9 Å². The molecule has 1 fully saturated rings. The molecule has 1 aliphatic rings. The number of hydrogen-bond acceptors (Lipinski definition) is 5. The number of amides is 1. The maximum atomic E-state index is 13.2. The predicted octanol–water partition coefficient (Wildman–Crippen LogP) is 3.46. The molecular formula is C22H28N4O3S. The summed E-state index contributed by atoms with van der Waals surface area (Å²) < 4.78 is 8.89. The fourth-order valence-electron chi connectivity index (χ4n) is 4.30. The molecule has 7 nitrogen and oxygen atoms in total. The molecule has 0 unspecified atom stereocenters. The number of carbonyl (C=O) groups is 1. The molecule has 0 spiro atoms. The van der Waals surface area contributed by atoms with Gasteiger partial charge < -0.3 is 14.6 Å². The van der Waals surface area contributed by atoms with Gasteiger partial charge in [0.2, 0.25) is 5.91 Å². The van der Waals surface area contributed by atoms with Crippen molar-refractivity contribution in [3.63, 3.8) is 0 Å². The number of aryl methyl sites for hydroxylation is 1. The summed E-state index contributed by atoms with van der Waals surface area (Å²) >= 11 is 1.32. The van der Waals surface area contributed by atoms with Gasteiger partial charge >= 0.3 is 0 Å². The Bertz CT molecular complexity index is 1140. The van der Waals surface area contributed by atoms with Crippen LogP contribution in [0.3, 0.4) is 0 Å². The van der Waals surface area contributed by atoms with Gasteiger partial charge in [-0.1, -0.05) is 31.0 Å². The van der Waals surface area contributed by atoms with Gasteiger partial charge in [-0.25, -0.2) is 4.98 Å². The van der Waals surface area contributed by atoms with Crippen molar-refractivity contribution in [1.29, 1.82) is 0 Å². The molecule has 0 aliphatic heterocycles. The number of methoxy groups -OCH3 is 1. The van der Waals surface area contributed by atoms with E-state index in [4.69, 9.17) is 9.72 Å². The van der Waals surface area contributed by atoms with Crippen molar-refractivity contribution in [3.8, 4) is 5.75 Å². The summed E-state index contributed by atoms with van der Waals surface area (Å²) in [4.78, 5) is 30.5. The second kappa shape index (κ2) is 8.71. The molecule has 0 radical (unpaired) electrons. The van der Waals surface area contributed by atoms with Crippen LogP contribution in [0.1, 0.15) is 39.0 Å². The quantitative estimate of drug-likeness (QED) is 0.481. The van der Waals surface area contributed by atoms with Crippen molar-refractivity contribution in [2.75, 3.05) is 12.9 Å². The highest BCUT2D eigenvalue weighted by atomic mass is 32.2. The molecule has 8 heteroatoms. The van der Waals surface area contributed by atoms with Gasteiger partial charge in [-0.3, -0.25) is 14.2 Å². The molecule has 1 aromatic carbocycles. The van der Waals surface area contributed by atoms with Crippen LogP contribution in [0.25, 0.3) is 21.9 Å². The van der Waals surface area contributed by atoms with E-state index in [1.165, 1.54) is 31.0 Å². The molecule has 2 aromatic heterocycles. The van der Waals surface area contributed by atoms with Gasteiger partial charge in [-0.05, 0) is 38.0 Å². The zero-order chi connectivity index (χ0) is 21.3. The monoisotopic (exact) mass is 428 g/mol. The SMILES string of the molecule is CCn1c(SCC(=O)NC2CCCCC2)nc2c3cc(OC)ccc3n(C)c2c1=O. The largest absolute Gasteiger partial charge is 0.497 e. The minimum absolute atomic E-state index is 0.00323. The second-order valence-electron chi connectivity index (χ2n) is 7.77. The number of carbonyl (C=O) groups excluding carboxylic acids is 1. The lowest BCUT2D eigenvalue weighted by Gasteiger charge is -2.22. The van der Waals surface area contributed by atoms with Crippen molar-refractivity contribution in [2.24, 2.45) is 7.05 Å². The molecule has 0 bridgehead atoms. The minimum atomic E-state index is -0.0876. The number of benzene rings is 1. The number of ether oxygens (including phenoxy) is 1. The number of nitrogens with one attached hydrogen (secondary N) is 1. The number of fused-ring (bicyclic) bond motifs is 3. The van der Waals surface area contributed by atoms with Crippen molar-refractivity contribution < 1.29 is 9.53 Å². The fourth-order valence-corrected chi connectivity index (χ4v) is 5.16. The highest BCUT2D eigenvalue weighted by Crippen LogP contribution is 2.30. The Morgan fingerprint density at radius 1 is 1.30 bits per heavy atom. The molecule has 1 N–H and O–H groups in total. The molecular weight excluding hydrogens is 400 g/mol. The lowest BCUT2D eigenvalue weighted by Crippen LogP contribution is -2.37. The summed E-state index contributed by atoms with van der Waals surface area (Å²) in [5, 5.41) is 4.58. The van der Waals surface area contributed by atoms with Gasteiger partial charge in [0, 0.05) is 25.0 Å². The van der Waals surface area contributed by atoms with Crippen molar-refractivity contribution >= 4 is 39.6 Å². The van der Waals surface area contributed by atoms with Gasteiger partial charge in [0.25, 0.3) is 5.56 Å². The van der Waals surface area contributed by atoms with Gasteiger partial charge in [0.15, 0.2) is 5.16 Å². The van der Waals surface area contributed by atoms with Crippen molar-refractivity contribution in [3.05, 3.63) is 28.6 Å². The maximum absolute atomic E-state index is 13.2. The summed E-state index contributed by atoms with van der Waals surface area (Å²) in [5.41, 5.74) is 2.05. The summed E-state index contributed by atoms with van der Waals surface area (Å²) in [6.45, 7) is 2.42. The fraction of sp³-hybridized carbons (Fsp3) is 0.500. The Labute approximate surface area is 179 Å². The number of thioether (sulfide) groups is 1. The lowest BCUT2D eigenvalue weighted by molar-refractivity contribution is -0.119. The normalized spacial score (nSPS) is 15.0. The molecule has 3 aromatic rings. The molecule has 2 heterocycles. The van der Waals surface area contributed by atoms with E-state index in [1.54, 1.807) is 11.7 Å². The summed E-state index contributed by atoms with van der Waals surface area (Å²) in [7, 11) is 3.50. The minimum Gasteiger partial charge on any atom is -0.497 e. The van der Waals surface area contributed by atoms with Gasteiger partial charge in [0.1, 0.15) is 16.8 Å². The molecule has 0 atom stereocenters. The summed E-state index contributed by atoms with van der Waals surface area (Å²) in [6, 6.07) is 6.01. The lowest BCUT2D eigenvalue weighted by atomic mass is 9.95. The molecule has 4 rings (SSSR count). The van der Waals surface area contributed by atoms with Gasteiger partial charge in [-0.15, -0.1) is 0 Å². The summed E-state index contributed by atoms with van der Waals surface area (Å²) in [6.07, 6.45) is 5.71. The molecule has 160 valence electrons. The first-order valence-corrected chi connectivity index (χ1v) is 11.5. The van der Waals surface area contributed by atoms with E-state index in [-0.39, 0.29) is 23.3 Å². The number of rotatable bonds is 6. The van der Waals surface area contributed by atoms with Crippen LogP contribution >= 0.6 is 11.8 Å². The smallest absolute Gasteiger partial charge is 0.278 e. The van der Waals surface area contributed by atoms with Crippen LogP contribution in [0, 0.1) is 0 Å². The van der Waals surface area contributed by atoms with Crippen LogP contribution < -0.4 is 15.6 Å². The van der Waals surface area contributed by atoms with Crippen LogP contribution in [0.2, 0.25) is 0 Å². The molecule has 1 amide bonds. The highest BCUT2D eigenvalue weighted by molar-refractivity contribution is 7.99. The average molecular weight is 429 g/mol. The Balaban J connectivity index is 1.67. The Morgan fingerprint density at radius 3 is 2.77 bits per heavy atom. The van der Waals surface area contributed by atoms with Gasteiger partial charge in [0.05, 0.1) is 18.4 Å². The maximum Gasteiger partial charge on any atom is 0.278 e. The molecule has 30 heavy (non-hydrogen) atoms. The molecule has 0 saturated heterocycles. The van der Waals surface area contributed by atoms with Crippen molar-refractivity contribution in [2.45, 2.75) is 56.8 Å². The summed E-state index contributed by atoms with van der Waals surface area (Å²) in [5.74, 6) is 0.976. The van der Waals surface area contributed by atoms with Crippen LogP contribution in [0.15, 0.2) is 28.2 Å². The van der Waals surface area contributed by atoms with E-state index < -0.39 is 0 Å². The zero-order valence-corrected chi connectivity index (χ0v) is 18.6. The second-order valence-corrected chi connectivity index (χ2v) is 8.72. The van der Waals surface area contributed by atoms with E-state index in [2.05, 4.69) is 5.32 Å². The Kier molecular flexibility index (Phi) is 6.04. The number of hydrogen-bond donors (Lipinski definition) is 1. The first-order chi connectivity index (χ1) is 14.5. The first kappa shape index (κ1) is 20.8. The van der Waals surface area contributed by atoms with E-state index in [0.717, 1.165) is 29.5 Å². The zero-order valence-electron chi connectivity index (χ0n) is 17.7. The third kappa shape index (κ3) is 3.80. The first-order valence-electron chi connectivity index (χ1n) is 10.5. The highest BCUT2D eigenvalue weighted by Gasteiger charge is 2.20. The van der Waals surface area contributed by atoms with E-state index in [0.29, 0.717) is 22.7 Å². The van der Waals surface area contributed by atoms with Crippen molar-refractivity contribution in [1.82, 2.24) is 19.4 Å². The van der Waals surface area contributed by atoms with E-state index in [9.17, 15) is 9.59 Å². The van der Waals surface area contributed by atoms with E-state index >= 15 is 0 Å². The number of aromatic nitrogens is 3. The van der Waals surface area contributed by atoms with Crippen LogP contribution in [-0.2, 0) is 18.4 Å². The number of nitrogens with zero attached hydrogens (tertiary/aromatic N) is 3. The van der Waals surface area contributed by atoms with Crippen LogP contribution in [0.5, 0.6) is 5.75 Å². The van der Waals surface area contributed by atoms with E-state index in [1.807, 2.05) is 36.7 Å². The third-order valence-corrected chi connectivity index (χ3v) is 6.86. The topological polar surface area (TPSA) is 78.2 Å². The Morgan fingerprint density at radius 2 is 2.07 bits per heavy atom. The molecule has 1 saturated carbocycles. The Hall–Kier alpha value is -2.48. The van der Waals surface area contributed by atoms with Gasteiger partial charge in [-0.2, -0.15) is 0 Å². The van der Waals surface area contributed by atoms with Crippen LogP contribution in [0.4, 0.5) is 0 Å². The standard InChI is InChI=1S/C22H28N4O3S/c1-4-26-21(28)20-19(16-12-15(29-3)10-11-17(16)25(20)2)24-22(26)30-13-18(27)23-14-8-6-5-7-9-14/h10-12,14H,4-9,13H2,1-3H3,(H,23,27). The molecule has 1 aliphatic carbocycles. The average Bonchev–Trinajstić information content (AvgIpc) is 3.04.